The summed E-state index contributed by atoms with van der Waals surface area (Å²) in [5, 5.41) is 3.55. The number of nitrogens with zero attached hydrogens (tertiary/aromatic N) is 1. The maximum absolute atomic E-state index is 3.55. The van der Waals surface area contributed by atoms with E-state index in [1.165, 1.54) is 29.8 Å². The largest absolute Gasteiger partial charge is 0.346 e. The Morgan fingerprint density at radius 2 is 1.83 bits per heavy atom. The van der Waals surface area contributed by atoms with Crippen molar-refractivity contribution >= 4 is 0 Å². The van der Waals surface area contributed by atoms with Gasteiger partial charge in [-0.15, -0.1) is 0 Å². The monoisotopic (exact) mass is 250 g/mol. The molecule has 0 aromatic carbocycles. The van der Waals surface area contributed by atoms with Crippen molar-refractivity contribution in [2.75, 3.05) is 6.54 Å². The van der Waals surface area contributed by atoms with E-state index >= 15 is 0 Å². The first-order chi connectivity index (χ1) is 8.22. The van der Waals surface area contributed by atoms with Gasteiger partial charge in [-0.2, -0.15) is 0 Å². The normalized spacial score (nSPS) is 12.4. The molecule has 0 aliphatic rings. The van der Waals surface area contributed by atoms with Gasteiger partial charge in [-0.05, 0) is 79.5 Å². The topological polar surface area (TPSA) is 17.0 Å². The molecule has 0 fully saturated rings. The predicted octanol–water partition coefficient (Wildman–Crippen LogP) is 4.01. The summed E-state index contributed by atoms with van der Waals surface area (Å²) in [6.07, 6.45) is 2.38. The van der Waals surface area contributed by atoms with Gasteiger partial charge in [0.25, 0.3) is 0 Å². The Balaban J connectivity index is 2.56. The van der Waals surface area contributed by atoms with Crippen molar-refractivity contribution in [3.8, 4) is 0 Å². The fraction of sp³-hybridized carbons (Fsp3) is 0.750. The molecule has 1 rings (SSSR count). The van der Waals surface area contributed by atoms with Gasteiger partial charge in [0.1, 0.15) is 0 Å². The van der Waals surface area contributed by atoms with Crippen molar-refractivity contribution in [2.24, 2.45) is 0 Å². The molecule has 0 aliphatic heterocycles. The number of nitrogens with one attached hydrogen (secondary N) is 1. The standard InChI is InChI=1S/C16H30N2/c1-12(2)18-13(3)11-15(14(18)4)9-8-10-17-16(5,6)7/h11-12,17H,8-10H2,1-7H3. The Bertz CT molecular complexity index is 381. The van der Waals surface area contributed by atoms with E-state index in [4.69, 9.17) is 0 Å². The van der Waals surface area contributed by atoms with Gasteiger partial charge in [0.05, 0.1) is 0 Å². The second kappa shape index (κ2) is 5.92. The summed E-state index contributed by atoms with van der Waals surface area (Å²) < 4.78 is 2.44. The molecule has 0 aliphatic carbocycles. The number of rotatable bonds is 5. The van der Waals surface area contributed by atoms with Crippen molar-refractivity contribution < 1.29 is 0 Å². The van der Waals surface area contributed by atoms with Gasteiger partial charge in [0.2, 0.25) is 0 Å². The molecule has 104 valence electrons. The Morgan fingerprint density at radius 1 is 1.22 bits per heavy atom. The molecule has 0 spiro atoms. The molecule has 1 aromatic heterocycles. The second-order valence-corrected chi connectivity index (χ2v) is 6.64. The molecule has 0 radical (unpaired) electrons. The van der Waals surface area contributed by atoms with Crippen LogP contribution in [0, 0.1) is 13.8 Å². The molecular weight excluding hydrogens is 220 g/mol. The average molecular weight is 250 g/mol. The first-order valence-electron chi connectivity index (χ1n) is 7.14. The summed E-state index contributed by atoms with van der Waals surface area (Å²) >= 11 is 0. The van der Waals surface area contributed by atoms with Crippen LogP contribution in [-0.2, 0) is 6.42 Å². The summed E-state index contributed by atoms with van der Waals surface area (Å²) in [4.78, 5) is 0. The summed E-state index contributed by atoms with van der Waals surface area (Å²) in [5.41, 5.74) is 4.57. The van der Waals surface area contributed by atoms with Gasteiger partial charge < -0.3 is 9.88 Å². The third-order valence-electron chi connectivity index (χ3n) is 3.38. The van der Waals surface area contributed by atoms with Gasteiger partial charge in [0.15, 0.2) is 0 Å². The van der Waals surface area contributed by atoms with Crippen LogP contribution in [0.4, 0.5) is 0 Å². The fourth-order valence-corrected chi connectivity index (χ4v) is 2.64. The average Bonchev–Trinajstić information content (AvgIpc) is 2.47. The zero-order chi connectivity index (χ0) is 13.9. The van der Waals surface area contributed by atoms with Crippen LogP contribution < -0.4 is 5.32 Å². The van der Waals surface area contributed by atoms with Gasteiger partial charge in [0, 0.05) is 23.0 Å². The van der Waals surface area contributed by atoms with Crippen molar-refractivity contribution in [1.82, 2.24) is 9.88 Å². The summed E-state index contributed by atoms with van der Waals surface area (Å²) in [6, 6.07) is 2.92. The Hall–Kier alpha value is -0.760. The van der Waals surface area contributed by atoms with Gasteiger partial charge in [-0.1, -0.05) is 0 Å². The smallest absolute Gasteiger partial charge is 0.0279 e. The maximum atomic E-state index is 3.55. The molecule has 0 bridgehead atoms. The molecule has 0 atom stereocenters. The highest BCUT2D eigenvalue weighted by molar-refractivity contribution is 5.27. The second-order valence-electron chi connectivity index (χ2n) is 6.64. The molecule has 1 N–H and O–H groups in total. The number of hydrogen-bond acceptors (Lipinski definition) is 1. The van der Waals surface area contributed by atoms with E-state index in [0.29, 0.717) is 6.04 Å². The van der Waals surface area contributed by atoms with Crippen molar-refractivity contribution in [3.05, 3.63) is 23.0 Å². The van der Waals surface area contributed by atoms with Crippen LogP contribution in [-0.4, -0.2) is 16.7 Å². The molecule has 18 heavy (non-hydrogen) atoms. The van der Waals surface area contributed by atoms with E-state index in [9.17, 15) is 0 Å². The van der Waals surface area contributed by atoms with Crippen LogP contribution in [0.2, 0.25) is 0 Å². The van der Waals surface area contributed by atoms with E-state index in [1.54, 1.807) is 0 Å². The van der Waals surface area contributed by atoms with Gasteiger partial charge >= 0.3 is 0 Å². The lowest BCUT2D eigenvalue weighted by atomic mass is 10.1. The third-order valence-corrected chi connectivity index (χ3v) is 3.38. The molecule has 2 heteroatoms. The Morgan fingerprint density at radius 3 is 2.28 bits per heavy atom. The van der Waals surface area contributed by atoms with E-state index in [-0.39, 0.29) is 5.54 Å². The van der Waals surface area contributed by atoms with Crippen LogP contribution in [0.1, 0.15) is 64.0 Å². The molecular formula is C16H30N2. The number of aromatic nitrogens is 1. The van der Waals surface area contributed by atoms with E-state index in [1.807, 2.05) is 0 Å². The van der Waals surface area contributed by atoms with Crippen molar-refractivity contribution in [3.63, 3.8) is 0 Å². The minimum Gasteiger partial charge on any atom is -0.346 e. The zero-order valence-corrected chi connectivity index (χ0v) is 13.2. The highest BCUT2D eigenvalue weighted by atomic mass is 15.0. The molecule has 0 amide bonds. The minimum atomic E-state index is 0.231. The van der Waals surface area contributed by atoms with E-state index in [0.717, 1.165) is 6.54 Å². The lowest BCUT2D eigenvalue weighted by Crippen LogP contribution is -2.36. The summed E-state index contributed by atoms with van der Waals surface area (Å²) in [5.74, 6) is 0. The van der Waals surface area contributed by atoms with E-state index in [2.05, 4.69) is 64.4 Å². The van der Waals surface area contributed by atoms with Crippen LogP contribution >= 0.6 is 0 Å². The van der Waals surface area contributed by atoms with Crippen molar-refractivity contribution in [1.29, 1.82) is 0 Å². The van der Waals surface area contributed by atoms with Crippen LogP contribution in [0.3, 0.4) is 0 Å². The lowest BCUT2D eigenvalue weighted by molar-refractivity contribution is 0.422. The molecule has 0 saturated heterocycles. The van der Waals surface area contributed by atoms with E-state index < -0.39 is 0 Å². The Labute approximate surface area is 113 Å². The van der Waals surface area contributed by atoms with Crippen molar-refractivity contribution in [2.45, 2.75) is 72.9 Å². The summed E-state index contributed by atoms with van der Waals surface area (Å²) in [7, 11) is 0. The van der Waals surface area contributed by atoms with Crippen LogP contribution in [0.25, 0.3) is 0 Å². The maximum Gasteiger partial charge on any atom is 0.0279 e. The van der Waals surface area contributed by atoms with Crippen LogP contribution in [0.5, 0.6) is 0 Å². The molecule has 2 nitrogen and oxygen atoms in total. The first kappa shape index (κ1) is 15.3. The first-order valence-corrected chi connectivity index (χ1v) is 7.14. The fourth-order valence-electron chi connectivity index (χ4n) is 2.64. The molecule has 1 aromatic rings. The molecule has 0 saturated carbocycles. The third kappa shape index (κ3) is 4.16. The quantitative estimate of drug-likeness (QED) is 0.781. The van der Waals surface area contributed by atoms with Crippen LogP contribution in [0.15, 0.2) is 6.07 Å². The minimum absolute atomic E-state index is 0.231. The highest BCUT2D eigenvalue weighted by Gasteiger charge is 2.12. The molecule has 0 unspecified atom stereocenters. The Kier molecular flexibility index (Phi) is 5.03. The number of hydrogen-bond donors (Lipinski definition) is 1. The van der Waals surface area contributed by atoms with Gasteiger partial charge in [-0.3, -0.25) is 0 Å². The van der Waals surface area contributed by atoms with Gasteiger partial charge in [-0.25, -0.2) is 0 Å². The summed E-state index contributed by atoms with van der Waals surface area (Å²) in [6.45, 7) is 16.7. The zero-order valence-electron chi connectivity index (χ0n) is 13.2. The lowest BCUT2D eigenvalue weighted by Gasteiger charge is -2.20. The number of aryl methyl sites for hydroxylation is 2. The SMILES string of the molecule is Cc1cc(CCCNC(C)(C)C)c(C)n1C(C)C. The highest BCUT2D eigenvalue weighted by Crippen LogP contribution is 2.21. The predicted molar refractivity (Wildman–Crippen MR) is 80.4 cm³/mol. The molecule has 1 heterocycles.